The minimum atomic E-state index is -4.63. The van der Waals surface area contributed by atoms with Gasteiger partial charge in [-0.3, -0.25) is 14.2 Å². The average Bonchev–Trinajstić information content (AvgIpc) is 3.40. The van der Waals surface area contributed by atoms with Crippen molar-refractivity contribution in [3.8, 4) is 22.8 Å². The predicted molar refractivity (Wildman–Crippen MR) is 175 cm³/mol. The number of nitrogens with one attached hydrogen (secondary N) is 1. The Labute approximate surface area is 280 Å². The fourth-order valence-electron chi connectivity index (χ4n) is 5.70. The van der Waals surface area contributed by atoms with E-state index in [1.165, 1.54) is 21.6 Å². The molecule has 3 heterocycles. The van der Waals surface area contributed by atoms with Crippen LogP contribution in [0.1, 0.15) is 45.5 Å². The molecule has 0 aliphatic carbocycles. The van der Waals surface area contributed by atoms with Gasteiger partial charge in [-0.05, 0) is 92.6 Å². The molecule has 6 rings (SSSR count). The molecule has 14 heteroatoms. The maximum absolute atomic E-state index is 13.8. The average molecular weight is 726 g/mol. The molecule has 0 bridgehead atoms. The van der Waals surface area contributed by atoms with Crippen molar-refractivity contribution in [3.63, 3.8) is 0 Å². The van der Waals surface area contributed by atoms with Gasteiger partial charge in [-0.15, -0.1) is 10.2 Å². The molecule has 1 atom stereocenters. The Hall–Kier alpha value is -4.56. The van der Waals surface area contributed by atoms with E-state index in [1.807, 2.05) is 47.9 Å². The highest BCUT2D eigenvalue weighted by Crippen LogP contribution is 2.36. The molecule has 2 aromatic heterocycles. The highest BCUT2D eigenvalue weighted by Gasteiger charge is 2.35. The molecule has 5 aromatic rings. The third kappa shape index (κ3) is 6.26. The van der Waals surface area contributed by atoms with Gasteiger partial charge in [0.15, 0.2) is 10.6 Å². The van der Waals surface area contributed by atoms with E-state index in [0.717, 1.165) is 28.8 Å². The summed E-state index contributed by atoms with van der Waals surface area (Å²) in [7, 11) is 1.62. The zero-order valence-corrected chi connectivity index (χ0v) is 27.8. The van der Waals surface area contributed by atoms with Crippen LogP contribution in [0, 0.1) is 11.7 Å². The van der Waals surface area contributed by atoms with Crippen LogP contribution < -0.4 is 10.3 Å². The van der Waals surface area contributed by atoms with Gasteiger partial charge in [0.05, 0.1) is 31.5 Å². The van der Waals surface area contributed by atoms with E-state index in [0.29, 0.717) is 29.3 Å². The lowest BCUT2D eigenvalue weighted by Crippen LogP contribution is -2.45. The van der Waals surface area contributed by atoms with Crippen LogP contribution in [0.25, 0.3) is 17.1 Å². The predicted octanol–water partition coefficient (Wildman–Crippen LogP) is 6.89. The van der Waals surface area contributed by atoms with Gasteiger partial charge in [0.2, 0.25) is 0 Å². The second-order valence-corrected chi connectivity index (χ2v) is 12.5. The van der Waals surface area contributed by atoms with Crippen LogP contribution in [0.4, 0.5) is 13.2 Å². The van der Waals surface area contributed by atoms with Crippen molar-refractivity contribution in [3.05, 3.63) is 120 Å². The Morgan fingerprint density at radius 1 is 1.09 bits per heavy atom. The molecule has 3 aromatic carbocycles. The molecule has 0 saturated carbocycles. The summed E-state index contributed by atoms with van der Waals surface area (Å²) in [6.45, 7) is 4.19. The summed E-state index contributed by atoms with van der Waals surface area (Å²) >= 11 is 8.50. The largest absolute Gasteiger partial charge is 0.497 e. The number of fused-ring (bicyclic) bond motifs is 1. The number of aryl methyl sites for hydroxylation is 1. The molecule has 1 aliphatic rings. The van der Waals surface area contributed by atoms with Crippen LogP contribution in [0.5, 0.6) is 5.75 Å². The Morgan fingerprint density at radius 2 is 1.79 bits per heavy atom. The number of methoxy groups -OCH3 is 1. The van der Waals surface area contributed by atoms with E-state index >= 15 is 0 Å². The monoisotopic (exact) mass is 724 g/mol. The molecule has 0 radical (unpaired) electrons. The number of hydrogen-bond acceptors (Lipinski definition) is 6. The first-order valence-corrected chi connectivity index (χ1v) is 15.7. The number of carbonyl (C=O) groups is 1. The van der Waals surface area contributed by atoms with Gasteiger partial charge in [0, 0.05) is 32.9 Å². The van der Waals surface area contributed by atoms with E-state index in [2.05, 4.69) is 31.1 Å². The summed E-state index contributed by atoms with van der Waals surface area (Å²) in [4.78, 5) is 31.7. The van der Waals surface area contributed by atoms with E-state index < -0.39 is 23.7 Å². The quantitative estimate of drug-likeness (QED) is 0.192. The van der Waals surface area contributed by atoms with Crippen LogP contribution in [-0.4, -0.2) is 48.3 Å². The highest BCUT2D eigenvalue weighted by atomic mass is 79.9. The van der Waals surface area contributed by atoms with Gasteiger partial charge in [-0.1, -0.05) is 28.1 Å². The lowest BCUT2D eigenvalue weighted by atomic mass is 9.98. The minimum Gasteiger partial charge on any atom is -0.497 e. The third-order valence-corrected chi connectivity index (χ3v) is 9.22. The van der Waals surface area contributed by atoms with E-state index in [-0.39, 0.29) is 33.3 Å². The van der Waals surface area contributed by atoms with Crippen molar-refractivity contribution in [2.45, 2.75) is 45.6 Å². The summed E-state index contributed by atoms with van der Waals surface area (Å²) in [5.74, 6) is 1.61. The number of nitrogens with zero attached hydrogens (tertiary/aromatic N) is 5. The number of alkyl halides is 3. The number of halogens is 4. The number of amides is 1. The SMILES string of the molecule is COc1ccc(Cn2c(C)nnc2-c2ccc(-n3c(=S)[nH]c4c(c3=O)C[C@@H](C)N(C(=O)c3ccc(Br)c(C(F)(F)F)c3)C4)cc2)cc1. The van der Waals surface area contributed by atoms with Crippen molar-refractivity contribution >= 4 is 34.1 Å². The van der Waals surface area contributed by atoms with E-state index in [9.17, 15) is 22.8 Å². The van der Waals surface area contributed by atoms with Crippen LogP contribution in [-0.2, 0) is 25.7 Å². The molecule has 9 nitrogen and oxygen atoms in total. The molecular weight excluding hydrogens is 697 g/mol. The molecule has 0 saturated heterocycles. The molecule has 47 heavy (non-hydrogen) atoms. The molecular formula is C33H28BrF3N6O3S. The Balaban J connectivity index is 1.27. The fourth-order valence-corrected chi connectivity index (χ4v) is 6.48. The summed E-state index contributed by atoms with van der Waals surface area (Å²) in [6.07, 6.45) is -4.43. The first-order valence-electron chi connectivity index (χ1n) is 14.5. The second kappa shape index (κ2) is 12.6. The number of benzene rings is 3. The number of hydrogen-bond donors (Lipinski definition) is 1. The lowest BCUT2D eigenvalue weighted by Gasteiger charge is -2.34. The zero-order chi connectivity index (χ0) is 33.6. The summed E-state index contributed by atoms with van der Waals surface area (Å²) in [6, 6.07) is 17.9. The Bertz CT molecular complexity index is 2110. The first-order chi connectivity index (χ1) is 22.3. The number of H-pyrrole nitrogens is 1. The first kappa shape index (κ1) is 32.4. The van der Waals surface area contributed by atoms with Crippen molar-refractivity contribution < 1.29 is 22.7 Å². The highest BCUT2D eigenvalue weighted by molar-refractivity contribution is 9.10. The third-order valence-electron chi connectivity index (χ3n) is 8.25. The molecule has 1 amide bonds. The summed E-state index contributed by atoms with van der Waals surface area (Å²) in [5.41, 5.74) is 1.95. The van der Waals surface area contributed by atoms with Crippen LogP contribution in [0.3, 0.4) is 0 Å². The number of aromatic amines is 1. The van der Waals surface area contributed by atoms with Crippen molar-refractivity contribution in [2.75, 3.05) is 7.11 Å². The van der Waals surface area contributed by atoms with Crippen molar-refractivity contribution in [1.29, 1.82) is 0 Å². The Kier molecular flexibility index (Phi) is 8.66. The summed E-state index contributed by atoms with van der Waals surface area (Å²) in [5, 5.41) is 8.66. The number of carbonyl (C=O) groups excluding carboxylic acids is 1. The number of rotatable bonds is 6. The lowest BCUT2D eigenvalue weighted by molar-refractivity contribution is -0.138. The second-order valence-electron chi connectivity index (χ2n) is 11.3. The van der Waals surface area contributed by atoms with Gasteiger partial charge in [-0.2, -0.15) is 13.2 Å². The van der Waals surface area contributed by atoms with Crippen LogP contribution in [0.2, 0.25) is 0 Å². The van der Waals surface area contributed by atoms with E-state index in [4.69, 9.17) is 17.0 Å². The molecule has 1 N–H and O–H groups in total. The van der Waals surface area contributed by atoms with E-state index in [1.54, 1.807) is 26.2 Å². The van der Waals surface area contributed by atoms with Crippen molar-refractivity contribution in [1.82, 2.24) is 29.2 Å². The summed E-state index contributed by atoms with van der Waals surface area (Å²) < 4.78 is 49.1. The standard InChI is InChI=1S/C33H28BrF3N6O3S/c1-18-14-25-28(17-41(18)30(44)22-8-13-27(34)26(15-22)33(35,36)37)38-32(47)43(31(25)45)23-9-6-21(7-10-23)29-40-39-19(2)42(29)16-20-4-11-24(46-3)12-5-20/h4-13,15,18H,14,16-17H2,1-3H3,(H,38,47)/t18-/m1/s1. The van der Waals surface area contributed by atoms with Crippen LogP contribution in [0.15, 0.2) is 76.0 Å². The maximum atomic E-state index is 13.8. The molecule has 0 fully saturated rings. The minimum absolute atomic E-state index is 0.00535. The van der Waals surface area contributed by atoms with Gasteiger partial charge < -0.3 is 19.2 Å². The van der Waals surface area contributed by atoms with Gasteiger partial charge >= 0.3 is 6.18 Å². The smallest absolute Gasteiger partial charge is 0.417 e. The molecule has 0 unspecified atom stereocenters. The molecule has 242 valence electrons. The van der Waals surface area contributed by atoms with Crippen molar-refractivity contribution in [2.24, 2.45) is 0 Å². The number of aromatic nitrogens is 5. The topological polar surface area (TPSA) is 98.0 Å². The van der Waals surface area contributed by atoms with Gasteiger partial charge in [0.1, 0.15) is 11.6 Å². The van der Waals surface area contributed by atoms with Crippen LogP contribution >= 0.6 is 28.1 Å². The molecule has 1 aliphatic heterocycles. The van der Waals surface area contributed by atoms with Gasteiger partial charge in [0.25, 0.3) is 11.5 Å². The fraction of sp³-hybridized carbons (Fsp3) is 0.242. The van der Waals surface area contributed by atoms with Gasteiger partial charge in [-0.25, -0.2) is 0 Å². The maximum Gasteiger partial charge on any atom is 0.417 e. The molecule has 0 spiro atoms. The number of ether oxygens (including phenoxy) is 1. The Morgan fingerprint density at radius 3 is 2.45 bits per heavy atom. The normalized spacial score (nSPS) is 14.6. The zero-order valence-electron chi connectivity index (χ0n) is 25.4.